The second kappa shape index (κ2) is 6.78. The Labute approximate surface area is 98.0 Å². The number of hydrogen-bond donors (Lipinski definition) is 1. The number of carbonyl (C=O) groups excluding carboxylic acids is 1. The van der Waals surface area contributed by atoms with Gasteiger partial charge in [0.2, 0.25) is 5.91 Å². The summed E-state index contributed by atoms with van der Waals surface area (Å²) in [6.45, 7) is -0.658. The summed E-state index contributed by atoms with van der Waals surface area (Å²) in [6, 6.07) is 2.92. The summed E-state index contributed by atoms with van der Waals surface area (Å²) >= 11 is 0. The summed E-state index contributed by atoms with van der Waals surface area (Å²) in [5, 5.41) is 2.67. The number of pyridine rings is 1. The molecular formula is C11H14F2N2O2. The van der Waals surface area contributed by atoms with Crippen molar-refractivity contribution in [3.05, 3.63) is 24.0 Å². The number of ether oxygens (including phenoxy) is 1. The Morgan fingerprint density at radius 2 is 2.29 bits per heavy atom. The number of rotatable bonds is 6. The zero-order valence-corrected chi connectivity index (χ0v) is 9.45. The van der Waals surface area contributed by atoms with Crippen molar-refractivity contribution < 1.29 is 18.3 Å². The molecule has 0 unspecified atom stereocenters. The SMILES string of the molecule is CCCC(=O)NCc1ccc(OC(F)F)cn1. The fraction of sp³-hybridized carbons (Fsp3) is 0.455. The molecule has 0 saturated heterocycles. The van der Waals surface area contributed by atoms with Crippen LogP contribution in [-0.4, -0.2) is 17.5 Å². The van der Waals surface area contributed by atoms with Gasteiger partial charge in [0.1, 0.15) is 5.75 Å². The number of halogens is 2. The lowest BCUT2D eigenvalue weighted by Gasteiger charge is -2.06. The normalized spacial score (nSPS) is 10.4. The van der Waals surface area contributed by atoms with Gasteiger partial charge in [-0.25, -0.2) is 0 Å². The van der Waals surface area contributed by atoms with E-state index < -0.39 is 6.61 Å². The van der Waals surface area contributed by atoms with E-state index in [-0.39, 0.29) is 18.2 Å². The van der Waals surface area contributed by atoms with Crippen molar-refractivity contribution in [3.63, 3.8) is 0 Å². The Morgan fingerprint density at radius 3 is 2.82 bits per heavy atom. The molecule has 4 nitrogen and oxygen atoms in total. The Hall–Kier alpha value is -1.72. The van der Waals surface area contributed by atoms with Crippen LogP contribution in [0.2, 0.25) is 0 Å². The van der Waals surface area contributed by atoms with Crippen LogP contribution in [0.25, 0.3) is 0 Å². The van der Waals surface area contributed by atoms with Crippen LogP contribution in [0.15, 0.2) is 18.3 Å². The van der Waals surface area contributed by atoms with E-state index in [2.05, 4.69) is 15.0 Å². The molecule has 94 valence electrons. The third-order valence-electron chi connectivity index (χ3n) is 1.97. The van der Waals surface area contributed by atoms with Crippen LogP contribution < -0.4 is 10.1 Å². The number of aromatic nitrogens is 1. The summed E-state index contributed by atoms with van der Waals surface area (Å²) in [7, 11) is 0. The fourth-order valence-electron chi connectivity index (χ4n) is 1.19. The quantitative estimate of drug-likeness (QED) is 0.833. The van der Waals surface area contributed by atoms with E-state index in [1.165, 1.54) is 18.3 Å². The second-order valence-electron chi connectivity index (χ2n) is 3.39. The molecule has 1 aromatic heterocycles. The number of carbonyl (C=O) groups is 1. The zero-order valence-electron chi connectivity index (χ0n) is 9.45. The first-order valence-electron chi connectivity index (χ1n) is 5.28. The standard InChI is InChI=1S/C11H14F2N2O2/c1-2-3-10(16)15-6-8-4-5-9(7-14-8)17-11(12)13/h4-5,7,11H,2-3,6H2,1H3,(H,15,16). The molecule has 0 aromatic carbocycles. The lowest BCUT2D eigenvalue weighted by atomic mass is 10.3. The van der Waals surface area contributed by atoms with Gasteiger partial charge in [-0.3, -0.25) is 9.78 Å². The first-order chi connectivity index (χ1) is 8.11. The molecule has 0 fully saturated rings. The Balaban J connectivity index is 2.42. The first kappa shape index (κ1) is 13.3. The van der Waals surface area contributed by atoms with E-state index >= 15 is 0 Å². The smallest absolute Gasteiger partial charge is 0.387 e. The van der Waals surface area contributed by atoms with E-state index in [0.29, 0.717) is 12.1 Å². The number of nitrogens with zero attached hydrogens (tertiary/aromatic N) is 1. The van der Waals surface area contributed by atoms with Gasteiger partial charge in [-0.2, -0.15) is 8.78 Å². The third kappa shape index (κ3) is 5.24. The van der Waals surface area contributed by atoms with Gasteiger partial charge in [0.25, 0.3) is 0 Å². The molecule has 1 amide bonds. The maximum atomic E-state index is 11.9. The van der Waals surface area contributed by atoms with Gasteiger partial charge in [0.15, 0.2) is 0 Å². The minimum Gasteiger partial charge on any atom is -0.433 e. The van der Waals surface area contributed by atoms with E-state index in [1.807, 2.05) is 6.92 Å². The van der Waals surface area contributed by atoms with E-state index in [9.17, 15) is 13.6 Å². The second-order valence-corrected chi connectivity index (χ2v) is 3.39. The molecule has 0 bridgehead atoms. The summed E-state index contributed by atoms with van der Waals surface area (Å²) in [4.78, 5) is 15.1. The monoisotopic (exact) mass is 244 g/mol. The highest BCUT2D eigenvalue weighted by Crippen LogP contribution is 2.12. The predicted octanol–water partition coefficient (Wildman–Crippen LogP) is 2.10. The van der Waals surface area contributed by atoms with Crippen molar-refractivity contribution in [2.75, 3.05) is 0 Å². The predicted molar refractivity (Wildman–Crippen MR) is 57.6 cm³/mol. The molecule has 0 radical (unpaired) electrons. The molecule has 1 aromatic rings. The van der Waals surface area contributed by atoms with Gasteiger partial charge >= 0.3 is 6.61 Å². The summed E-state index contributed by atoms with van der Waals surface area (Å²) in [6.07, 6.45) is 2.44. The molecule has 1 heterocycles. The average molecular weight is 244 g/mol. The fourth-order valence-corrected chi connectivity index (χ4v) is 1.19. The number of alkyl halides is 2. The van der Waals surface area contributed by atoms with Gasteiger partial charge in [-0.05, 0) is 18.6 Å². The third-order valence-corrected chi connectivity index (χ3v) is 1.97. The van der Waals surface area contributed by atoms with Crippen molar-refractivity contribution >= 4 is 5.91 Å². The summed E-state index contributed by atoms with van der Waals surface area (Å²) < 4.78 is 27.9. The molecular weight excluding hydrogens is 230 g/mol. The van der Waals surface area contributed by atoms with Gasteiger partial charge in [0.05, 0.1) is 18.4 Å². The van der Waals surface area contributed by atoms with Crippen molar-refractivity contribution in [2.45, 2.75) is 32.9 Å². The van der Waals surface area contributed by atoms with Crippen molar-refractivity contribution in [1.82, 2.24) is 10.3 Å². The van der Waals surface area contributed by atoms with Crippen LogP contribution in [0.5, 0.6) is 5.75 Å². The maximum absolute atomic E-state index is 11.9. The van der Waals surface area contributed by atoms with Crippen LogP contribution in [-0.2, 0) is 11.3 Å². The lowest BCUT2D eigenvalue weighted by molar-refractivity contribution is -0.121. The van der Waals surface area contributed by atoms with E-state index in [1.54, 1.807) is 0 Å². The van der Waals surface area contributed by atoms with Crippen LogP contribution in [0, 0.1) is 0 Å². The highest BCUT2D eigenvalue weighted by Gasteiger charge is 2.05. The molecule has 1 N–H and O–H groups in total. The molecule has 0 aliphatic rings. The molecule has 1 rings (SSSR count). The van der Waals surface area contributed by atoms with Crippen LogP contribution >= 0.6 is 0 Å². The zero-order chi connectivity index (χ0) is 12.7. The molecule has 17 heavy (non-hydrogen) atoms. The van der Waals surface area contributed by atoms with Crippen LogP contribution in [0.3, 0.4) is 0 Å². The van der Waals surface area contributed by atoms with Crippen molar-refractivity contribution in [2.24, 2.45) is 0 Å². The van der Waals surface area contributed by atoms with E-state index in [0.717, 1.165) is 6.42 Å². The number of hydrogen-bond acceptors (Lipinski definition) is 3. The molecule has 0 spiro atoms. The minimum absolute atomic E-state index is 0.00337. The molecule has 0 aliphatic carbocycles. The molecule has 6 heteroatoms. The molecule has 0 aliphatic heterocycles. The largest absolute Gasteiger partial charge is 0.433 e. The van der Waals surface area contributed by atoms with Crippen LogP contribution in [0.1, 0.15) is 25.5 Å². The lowest BCUT2D eigenvalue weighted by Crippen LogP contribution is -2.22. The Morgan fingerprint density at radius 1 is 1.53 bits per heavy atom. The summed E-state index contributed by atoms with van der Waals surface area (Å²) in [5.74, 6) is -0.0501. The van der Waals surface area contributed by atoms with Gasteiger partial charge in [-0.1, -0.05) is 6.92 Å². The van der Waals surface area contributed by atoms with Gasteiger partial charge in [-0.15, -0.1) is 0 Å². The van der Waals surface area contributed by atoms with Crippen molar-refractivity contribution in [3.8, 4) is 5.75 Å². The molecule has 0 saturated carbocycles. The maximum Gasteiger partial charge on any atom is 0.387 e. The van der Waals surface area contributed by atoms with E-state index in [4.69, 9.17) is 0 Å². The topological polar surface area (TPSA) is 51.2 Å². The highest BCUT2D eigenvalue weighted by molar-refractivity contribution is 5.75. The number of amides is 1. The Bertz CT molecular complexity index is 355. The highest BCUT2D eigenvalue weighted by atomic mass is 19.3. The summed E-state index contributed by atoms with van der Waals surface area (Å²) in [5.41, 5.74) is 0.594. The average Bonchev–Trinajstić information content (AvgIpc) is 2.28. The van der Waals surface area contributed by atoms with Gasteiger partial charge < -0.3 is 10.1 Å². The first-order valence-corrected chi connectivity index (χ1v) is 5.28. The Kier molecular flexibility index (Phi) is 5.32. The van der Waals surface area contributed by atoms with Gasteiger partial charge in [0, 0.05) is 6.42 Å². The number of nitrogens with one attached hydrogen (secondary N) is 1. The molecule has 0 atom stereocenters. The van der Waals surface area contributed by atoms with Crippen LogP contribution in [0.4, 0.5) is 8.78 Å². The minimum atomic E-state index is -2.85. The van der Waals surface area contributed by atoms with Crippen molar-refractivity contribution in [1.29, 1.82) is 0 Å².